The molecule has 2 aliphatic heterocycles. The molecule has 2 aliphatic rings. The maximum absolute atomic E-state index is 12.4. The standard InChI is InChI=1S/C18H23N5O2/c24-18(17-7-4-12-25-17)22-10-8-21(9-11-22)14-15-13-19-23(20-15)16-5-2-1-3-6-16/h1-3,5-6,13,17H,4,7-12,14H2/t17-/m0/s1. The minimum Gasteiger partial charge on any atom is -0.368 e. The lowest BCUT2D eigenvalue weighted by atomic mass is 10.2. The van der Waals surface area contributed by atoms with Crippen LogP contribution in [0.2, 0.25) is 0 Å². The summed E-state index contributed by atoms with van der Waals surface area (Å²) in [5.41, 5.74) is 1.91. The van der Waals surface area contributed by atoms with E-state index in [1.807, 2.05) is 41.4 Å². The van der Waals surface area contributed by atoms with Crippen molar-refractivity contribution in [2.45, 2.75) is 25.5 Å². The third-order valence-corrected chi connectivity index (χ3v) is 4.80. The second-order valence-electron chi connectivity index (χ2n) is 6.56. The molecule has 0 unspecified atom stereocenters. The molecule has 7 nitrogen and oxygen atoms in total. The smallest absolute Gasteiger partial charge is 0.251 e. The Labute approximate surface area is 147 Å². The van der Waals surface area contributed by atoms with Crippen LogP contribution in [0.4, 0.5) is 0 Å². The second kappa shape index (κ2) is 7.33. The number of hydrogen-bond donors (Lipinski definition) is 0. The average Bonchev–Trinajstić information content (AvgIpc) is 3.35. The van der Waals surface area contributed by atoms with Gasteiger partial charge < -0.3 is 9.64 Å². The Morgan fingerprint density at radius 1 is 1.16 bits per heavy atom. The summed E-state index contributed by atoms with van der Waals surface area (Å²) in [6, 6.07) is 9.90. The van der Waals surface area contributed by atoms with Gasteiger partial charge in [0.05, 0.1) is 17.6 Å². The third kappa shape index (κ3) is 3.72. The van der Waals surface area contributed by atoms with Gasteiger partial charge in [-0.15, -0.1) is 0 Å². The molecule has 0 N–H and O–H groups in total. The van der Waals surface area contributed by atoms with Gasteiger partial charge in [0.1, 0.15) is 6.10 Å². The van der Waals surface area contributed by atoms with Crippen LogP contribution in [-0.2, 0) is 16.1 Å². The highest BCUT2D eigenvalue weighted by atomic mass is 16.5. The predicted octanol–water partition coefficient (Wildman–Crippen LogP) is 1.09. The Kier molecular flexibility index (Phi) is 4.76. The van der Waals surface area contributed by atoms with Crippen molar-refractivity contribution in [2.75, 3.05) is 32.8 Å². The first-order chi connectivity index (χ1) is 12.3. The maximum atomic E-state index is 12.4. The zero-order valence-electron chi connectivity index (χ0n) is 14.3. The van der Waals surface area contributed by atoms with E-state index >= 15 is 0 Å². The fourth-order valence-electron chi connectivity index (χ4n) is 3.38. The number of hydrogen-bond acceptors (Lipinski definition) is 5. The van der Waals surface area contributed by atoms with E-state index in [1.165, 1.54) is 0 Å². The van der Waals surface area contributed by atoms with Gasteiger partial charge in [0.15, 0.2) is 0 Å². The lowest BCUT2D eigenvalue weighted by molar-refractivity contribution is -0.142. The second-order valence-corrected chi connectivity index (χ2v) is 6.56. The Hall–Kier alpha value is -2.25. The minimum absolute atomic E-state index is 0.159. The molecule has 0 spiro atoms. The van der Waals surface area contributed by atoms with Gasteiger partial charge in [0, 0.05) is 39.3 Å². The van der Waals surface area contributed by atoms with E-state index in [2.05, 4.69) is 15.1 Å². The maximum Gasteiger partial charge on any atom is 0.251 e. The van der Waals surface area contributed by atoms with Crippen LogP contribution in [0.15, 0.2) is 36.5 Å². The van der Waals surface area contributed by atoms with Crippen LogP contribution in [0.5, 0.6) is 0 Å². The fraction of sp³-hybridized carbons (Fsp3) is 0.500. The van der Waals surface area contributed by atoms with Gasteiger partial charge in [-0.2, -0.15) is 15.0 Å². The molecule has 7 heteroatoms. The molecule has 1 aromatic carbocycles. The molecule has 2 aromatic rings. The molecule has 1 aromatic heterocycles. The molecule has 0 saturated carbocycles. The van der Waals surface area contributed by atoms with Crippen molar-refractivity contribution in [3.8, 4) is 5.69 Å². The minimum atomic E-state index is -0.211. The molecule has 0 bridgehead atoms. The van der Waals surface area contributed by atoms with Crippen LogP contribution in [-0.4, -0.2) is 69.6 Å². The van der Waals surface area contributed by atoms with E-state index in [-0.39, 0.29) is 12.0 Å². The van der Waals surface area contributed by atoms with E-state index in [9.17, 15) is 4.79 Å². The Balaban J connectivity index is 1.30. The first-order valence-electron chi connectivity index (χ1n) is 8.89. The van der Waals surface area contributed by atoms with Gasteiger partial charge in [0.2, 0.25) is 0 Å². The first kappa shape index (κ1) is 16.2. The summed E-state index contributed by atoms with van der Waals surface area (Å²) in [5, 5.41) is 8.90. The highest BCUT2D eigenvalue weighted by Gasteiger charge is 2.30. The molecule has 0 aliphatic carbocycles. The molecular formula is C18H23N5O2. The normalized spacial score (nSPS) is 21.6. The van der Waals surface area contributed by atoms with Crippen LogP contribution in [0, 0.1) is 0 Å². The number of ether oxygens (including phenoxy) is 1. The molecule has 2 saturated heterocycles. The monoisotopic (exact) mass is 341 g/mol. The number of piperazine rings is 1. The van der Waals surface area contributed by atoms with Crippen molar-refractivity contribution < 1.29 is 9.53 Å². The van der Waals surface area contributed by atoms with Crippen LogP contribution >= 0.6 is 0 Å². The summed E-state index contributed by atoms with van der Waals surface area (Å²) in [6.07, 6.45) is 3.46. The Morgan fingerprint density at radius 2 is 1.96 bits per heavy atom. The molecule has 25 heavy (non-hydrogen) atoms. The molecule has 2 fully saturated rings. The number of rotatable bonds is 4. The van der Waals surface area contributed by atoms with Crippen molar-refractivity contribution in [3.05, 3.63) is 42.2 Å². The van der Waals surface area contributed by atoms with E-state index in [0.717, 1.165) is 56.9 Å². The summed E-state index contributed by atoms with van der Waals surface area (Å²) in [6.45, 7) is 4.70. The lowest BCUT2D eigenvalue weighted by Crippen LogP contribution is -2.51. The number of carbonyl (C=O) groups excluding carboxylic acids is 1. The third-order valence-electron chi connectivity index (χ3n) is 4.80. The fourth-order valence-corrected chi connectivity index (χ4v) is 3.38. The van der Waals surface area contributed by atoms with Gasteiger partial charge in [-0.05, 0) is 25.0 Å². The van der Waals surface area contributed by atoms with E-state index in [1.54, 1.807) is 4.80 Å². The molecule has 3 heterocycles. The summed E-state index contributed by atoms with van der Waals surface area (Å²) in [4.78, 5) is 18.3. The van der Waals surface area contributed by atoms with Gasteiger partial charge >= 0.3 is 0 Å². The summed E-state index contributed by atoms with van der Waals surface area (Å²) in [5.74, 6) is 0.159. The molecule has 1 amide bonds. The number of amides is 1. The van der Waals surface area contributed by atoms with E-state index in [0.29, 0.717) is 6.61 Å². The van der Waals surface area contributed by atoms with E-state index in [4.69, 9.17) is 4.74 Å². The van der Waals surface area contributed by atoms with Crippen molar-refractivity contribution >= 4 is 5.91 Å². The van der Waals surface area contributed by atoms with Crippen molar-refractivity contribution in [1.29, 1.82) is 0 Å². The van der Waals surface area contributed by atoms with E-state index < -0.39 is 0 Å². The Morgan fingerprint density at radius 3 is 2.68 bits per heavy atom. The van der Waals surface area contributed by atoms with Gasteiger partial charge in [-0.1, -0.05) is 18.2 Å². The van der Waals surface area contributed by atoms with Gasteiger partial charge in [-0.3, -0.25) is 9.69 Å². The zero-order valence-corrected chi connectivity index (χ0v) is 14.3. The molecule has 4 rings (SSSR count). The van der Waals surface area contributed by atoms with Crippen molar-refractivity contribution in [1.82, 2.24) is 24.8 Å². The van der Waals surface area contributed by atoms with Crippen LogP contribution in [0.1, 0.15) is 18.5 Å². The SMILES string of the molecule is O=C([C@@H]1CCCO1)N1CCN(Cc2cnn(-c3ccccc3)n2)CC1. The highest BCUT2D eigenvalue weighted by Crippen LogP contribution is 2.16. The van der Waals surface area contributed by atoms with Crippen LogP contribution < -0.4 is 0 Å². The number of nitrogens with zero attached hydrogens (tertiary/aromatic N) is 5. The van der Waals surface area contributed by atoms with Crippen molar-refractivity contribution in [2.24, 2.45) is 0 Å². The highest BCUT2D eigenvalue weighted by molar-refractivity contribution is 5.81. The molecule has 132 valence electrons. The summed E-state index contributed by atoms with van der Waals surface area (Å²) >= 11 is 0. The topological polar surface area (TPSA) is 63.5 Å². The van der Waals surface area contributed by atoms with Gasteiger partial charge in [-0.25, -0.2) is 0 Å². The largest absolute Gasteiger partial charge is 0.368 e. The number of para-hydroxylation sites is 1. The van der Waals surface area contributed by atoms with Crippen LogP contribution in [0.25, 0.3) is 5.69 Å². The molecule has 0 radical (unpaired) electrons. The summed E-state index contributed by atoms with van der Waals surface area (Å²) in [7, 11) is 0. The zero-order chi connectivity index (χ0) is 17.1. The predicted molar refractivity (Wildman–Crippen MR) is 92.2 cm³/mol. The quantitative estimate of drug-likeness (QED) is 0.833. The van der Waals surface area contributed by atoms with Gasteiger partial charge in [0.25, 0.3) is 5.91 Å². The first-order valence-corrected chi connectivity index (χ1v) is 8.89. The molecule has 1 atom stereocenters. The number of carbonyl (C=O) groups is 1. The number of aromatic nitrogens is 3. The average molecular weight is 341 g/mol. The molecular weight excluding hydrogens is 318 g/mol. The number of benzene rings is 1. The Bertz CT molecular complexity index is 703. The summed E-state index contributed by atoms with van der Waals surface area (Å²) < 4.78 is 5.51. The van der Waals surface area contributed by atoms with Crippen LogP contribution in [0.3, 0.4) is 0 Å². The van der Waals surface area contributed by atoms with Crippen molar-refractivity contribution in [3.63, 3.8) is 0 Å². The lowest BCUT2D eigenvalue weighted by Gasteiger charge is -2.35.